The van der Waals surface area contributed by atoms with Crippen LogP contribution in [0.5, 0.6) is 0 Å². The standard InChI is InChI=1S/C9H6ClNO3/c10-8-4(9(13)14)1-2-6-5(8)3-7(12)11-6/h1-2H,3H2,(H,11,12)(H,13,14). The summed E-state index contributed by atoms with van der Waals surface area (Å²) in [5.74, 6) is -1.25. The van der Waals surface area contributed by atoms with E-state index in [9.17, 15) is 9.59 Å². The van der Waals surface area contributed by atoms with Gasteiger partial charge in [-0.05, 0) is 12.1 Å². The summed E-state index contributed by atoms with van der Waals surface area (Å²) in [5.41, 5.74) is 1.20. The van der Waals surface area contributed by atoms with E-state index >= 15 is 0 Å². The number of carboxylic acid groups (broad SMARTS) is 1. The van der Waals surface area contributed by atoms with Crippen LogP contribution in [0.4, 0.5) is 5.69 Å². The second-order valence-electron chi connectivity index (χ2n) is 2.98. The predicted molar refractivity (Wildman–Crippen MR) is 50.7 cm³/mol. The minimum absolute atomic E-state index is 0.0296. The van der Waals surface area contributed by atoms with Crippen LogP contribution in [0, 0.1) is 0 Å². The van der Waals surface area contributed by atoms with Gasteiger partial charge in [-0.25, -0.2) is 4.79 Å². The van der Waals surface area contributed by atoms with Gasteiger partial charge in [0.05, 0.1) is 17.0 Å². The van der Waals surface area contributed by atoms with Gasteiger partial charge in [0.25, 0.3) is 0 Å². The average molecular weight is 212 g/mol. The molecule has 1 amide bonds. The third-order valence-electron chi connectivity index (χ3n) is 2.09. The Balaban J connectivity index is 2.59. The number of amides is 1. The van der Waals surface area contributed by atoms with E-state index in [4.69, 9.17) is 16.7 Å². The first kappa shape index (κ1) is 9.02. The Bertz CT molecular complexity index is 442. The van der Waals surface area contributed by atoms with E-state index < -0.39 is 5.97 Å². The van der Waals surface area contributed by atoms with E-state index in [2.05, 4.69) is 5.32 Å². The summed E-state index contributed by atoms with van der Waals surface area (Å²) >= 11 is 5.84. The molecule has 1 heterocycles. The lowest BCUT2D eigenvalue weighted by atomic mass is 10.1. The summed E-state index contributed by atoms with van der Waals surface area (Å²) in [6.45, 7) is 0. The highest BCUT2D eigenvalue weighted by Gasteiger charge is 2.23. The van der Waals surface area contributed by atoms with Gasteiger partial charge in [0, 0.05) is 11.3 Å². The van der Waals surface area contributed by atoms with Gasteiger partial charge >= 0.3 is 5.97 Å². The number of benzene rings is 1. The molecule has 0 radical (unpaired) electrons. The van der Waals surface area contributed by atoms with Gasteiger partial charge in [0.15, 0.2) is 0 Å². The van der Waals surface area contributed by atoms with E-state index in [1.54, 1.807) is 6.07 Å². The largest absolute Gasteiger partial charge is 0.478 e. The number of hydrogen-bond acceptors (Lipinski definition) is 2. The molecule has 5 heteroatoms. The molecule has 0 atom stereocenters. The number of nitrogens with one attached hydrogen (secondary N) is 1. The fraction of sp³-hybridized carbons (Fsp3) is 0.111. The number of rotatable bonds is 1. The highest BCUT2D eigenvalue weighted by atomic mass is 35.5. The third kappa shape index (κ3) is 1.24. The smallest absolute Gasteiger partial charge is 0.337 e. The highest BCUT2D eigenvalue weighted by Crippen LogP contribution is 2.32. The Labute approximate surface area is 84.5 Å². The summed E-state index contributed by atoms with van der Waals surface area (Å²) in [6, 6.07) is 2.94. The van der Waals surface area contributed by atoms with Crippen molar-refractivity contribution in [3.63, 3.8) is 0 Å². The van der Waals surface area contributed by atoms with Crippen LogP contribution in [0.2, 0.25) is 5.02 Å². The highest BCUT2D eigenvalue weighted by molar-refractivity contribution is 6.35. The second-order valence-corrected chi connectivity index (χ2v) is 3.36. The van der Waals surface area contributed by atoms with Crippen LogP contribution in [-0.4, -0.2) is 17.0 Å². The molecule has 0 unspecified atom stereocenters. The number of aromatic carboxylic acids is 1. The minimum Gasteiger partial charge on any atom is -0.478 e. The van der Waals surface area contributed by atoms with Crippen molar-refractivity contribution in [2.24, 2.45) is 0 Å². The van der Waals surface area contributed by atoms with E-state index in [-0.39, 0.29) is 22.9 Å². The molecule has 4 nitrogen and oxygen atoms in total. The Morgan fingerprint density at radius 2 is 2.21 bits per heavy atom. The summed E-state index contributed by atoms with van der Waals surface area (Å²) in [4.78, 5) is 21.7. The van der Waals surface area contributed by atoms with E-state index in [1.165, 1.54) is 6.07 Å². The number of halogens is 1. The molecular formula is C9H6ClNO3. The molecule has 72 valence electrons. The average Bonchev–Trinajstić information content (AvgIpc) is 2.46. The number of anilines is 1. The van der Waals surface area contributed by atoms with Crippen LogP contribution in [-0.2, 0) is 11.2 Å². The molecule has 1 aromatic rings. The topological polar surface area (TPSA) is 66.4 Å². The van der Waals surface area contributed by atoms with Gasteiger partial charge in [0.1, 0.15) is 0 Å². The van der Waals surface area contributed by atoms with Gasteiger partial charge in [-0.2, -0.15) is 0 Å². The summed E-state index contributed by atoms with van der Waals surface area (Å²) in [7, 11) is 0. The number of carbonyl (C=O) groups excluding carboxylic acids is 1. The number of fused-ring (bicyclic) bond motifs is 1. The van der Waals surface area contributed by atoms with Gasteiger partial charge in [-0.3, -0.25) is 4.79 Å². The van der Waals surface area contributed by atoms with E-state index in [0.717, 1.165) is 0 Å². The van der Waals surface area contributed by atoms with Crippen LogP contribution in [0.3, 0.4) is 0 Å². The van der Waals surface area contributed by atoms with Crippen molar-refractivity contribution in [3.05, 3.63) is 28.3 Å². The maximum Gasteiger partial charge on any atom is 0.337 e. The Morgan fingerprint density at radius 3 is 2.86 bits per heavy atom. The van der Waals surface area contributed by atoms with E-state index in [1.807, 2.05) is 0 Å². The molecule has 1 aliphatic rings. The van der Waals surface area contributed by atoms with Gasteiger partial charge in [-0.1, -0.05) is 11.6 Å². The molecule has 0 spiro atoms. The normalized spacial score (nSPS) is 13.6. The van der Waals surface area contributed by atoms with Crippen molar-refractivity contribution in [1.29, 1.82) is 0 Å². The van der Waals surface area contributed by atoms with Gasteiger partial charge in [0.2, 0.25) is 5.91 Å². The van der Waals surface area contributed by atoms with Crippen molar-refractivity contribution in [3.8, 4) is 0 Å². The molecule has 14 heavy (non-hydrogen) atoms. The zero-order valence-corrected chi connectivity index (χ0v) is 7.76. The van der Waals surface area contributed by atoms with Crippen molar-refractivity contribution in [2.45, 2.75) is 6.42 Å². The lowest BCUT2D eigenvalue weighted by Gasteiger charge is -2.03. The molecule has 0 fully saturated rings. The molecule has 1 aromatic carbocycles. The van der Waals surface area contributed by atoms with Crippen LogP contribution >= 0.6 is 11.6 Å². The van der Waals surface area contributed by atoms with Crippen molar-refractivity contribution in [2.75, 3.05) is 5.32 Å². The van der Waals surface area contributed by atoms with Crippen molar-refractivity contribution < 1.29 is 14.7 Å². The quantitative estimate of drug-likeness (QED) is 0.740. The third-order valence-corrected chi connectivity index (χ3v) is 2.52. The molecule has 0 aromatic heterocycles. The predicted octanol–water partition coefficient (Wildman–Crippen LogP) is 1.53. The Morgan fingerprint density at radius 1 is 1.50 bits per heavy atom. The van der Waals surface area contributed by atoms with Crippen LogP contribution in [0.15, 0.2) is 12.1 Å². The molecule has 0 bridgehead atoms. The summed E-state index contributed by atoms with van der Waals surface area (Å²) in [5, 5.41) is 11.5. The van der Waals surface area contributed by atoms with Crippen molar-refractivity contribution >= 4 is 29.2 Å². The lowest BCUT2D eigenvalue weighted by Crippen LogP contribution is -2.03. The maximum atomic E-state index is 11.0. The second kappa shape index (κ2) is 2.99. The molecule has 0 saturated carbocycles. The Hall–Kier alpha value is -1.55. The monoisotopic (exact) mass is 211 g/mol. The fourth-order valence-electron chi connectivity index (χ4n) is 1.43. The maximum absolute atomic E-state index is 11.0. The lowest BCUT2D eigenvalue weighted by molar-refractivity contribution is -0.115. The Kier molecular flexibility index (Phi) is 1.93. The first-order chi connectivity index (χ1) is 6.59. The van der Waals surface area contributed by atoms with Crippen LogP contribution < -0.4 is 5.32 Å². The molecule has 0 saturated heterocycles. The molecular weight excluding hydrogens is 206 g/mol. The SMILES string of the molecule is O=C1Cc2c(ccc(C(=O)O)c2Cl)N1. The zero-order chi connectivity index (χ0) is 10.3. The number of hydrogen-bond donors (Lipinski definition) is 2. The van der Waals surface area contributed by atoms with Crippen LogP contribution in [0.25, 0.3) is 0 Å². The first-order valence-corrected chi connectivity index (χ1v) is 4.32. The first-order valence-electron chi connectivity index (χ1n) is 3.94. The van der Waals surface area contributed by atoms with Gasteiger partial charge < -0.3 is 10.4 Å². The molecule has 1 aliphatic heterocycles. The number of carbonyl (C=O) groups is 2. The van der Waals surface area contributed by atoms with Crippen LogP contribution in [0.1, 0.15) is 15.9 Å². The minimum atomic E-state index is -1.09. The van der Waals surface area contributed by atoms with E-state index in [0.29, 0.717) is 11.3 Å². The fourth-order valence-corrected chi connectivity index (χ4v) is 1.74. The van der Waals surface area contributed by atoms with Gasteiger partial charge in [-0.15, -0.1) is 0 Å². The molecule has 0 aliphatic carbocycles. The summed E-state index contributed by atoms with van der Waals surface area (Å²) < 4.78 is 0. The summed E-state index contributed by atoms with van der Waals surface area (Å²) in [6.07, 6.45) is 0.148. The zero-order valence-electron chi connectivity index (χ0n) is 7.00. The number of carboxylic acids is 1. The van der Waals surface area contributed by atoms with Crippen molar-refractivity contribution in [1.82, 2.24) is 0 Å². The molecule has 2 N–H and O–H groups in total. The molecule has 2 rings (SSSR count).